The lowest BCUT2D eigenvalue weighted by Crippen LogP contribution is -2.30. The van der Waals surface area contributed by atoms with Crippen molar-refractivity contribution in [2.75, 3.05) is 20.1 Å². The molecule has 4 nitrogen and oxygen atoms in total. The van der Waals surface area contributed by atoms with Crippen LogP contribution in [0.2, 0.25) is 0 Å². The van der Waals surface area contributed by atoms with Gasteiger partial charge in [0.25, 0.3) is 0 Å². The van der Waals surface area contributed by atoms with Gasteiger partial charge in [-0.05, 0) is 56.0 Å². The minimum atomic E-state index is -3.36. The average Bonchev–Trinajstić information content (AvgIpc) is 2.38. The summed E-state index contributed by atoms with van der Waals surface area (Å²) in [5, 5.41) is 2.91. The lowest BCUT2D eigenvalue weighted by Gasteiger charge is -2.16. The molecule has 0 heterocycles. The average molecular weight is 305 g/mol. The summed E-state index contributed by atoms with van der Waals surface area (Å²) < 4.78 is 26.7. The maximum Gasteiger partial charge on any atom is 0.240 e. The third-order valence-corrected chi connectivity index (χ3v) is 4.76. The van der Waals surface area contributed by atoms with Crippen LogP contribution < -0.4 is 10.0 Å². The van der Waals surface area contributed by atoms with Crippen LogP contribution in [0.25, 0.3) is 0 Å². The van der Waals surface area contributed by atoms with E-state index in [-0.39, 0.29) is 12.4 Å². The Bertz CT molecular complexity index is 517. The van der Waals surface area contributed by atoms with Gasteiger partial charge in [-0.25, -0.2) is 13.1 Å². The molecule has 2 rings (SSSR count). The van der Waals surface area contributed by atoms with Crippen LogP contribution in [0.15, 0.2) is 23.1 Å². The minimum Gasteiger partial charge on any atom is -0.318 e. The highest BCUT2D eigenvalue weighted by Gasteiger charge is 2.16. The van der Waals surface area contributed by atoms with Gasteiger partial charge in [0.1, 0.15) is 0 Å². The molecule has 0 bridgehead atoms. The van der Waals surface area contributed by atoms with Crippen LogP contribution >= 0.6 is 12.4 Å². The van der Waals surface area contributed by atoms with E-state index in [1.165, 1.54) is 17.5 Å². The topological polar surface area (TPSA) is 58.2 Å². The van der Waals surface area contributed by atoms with Crippen LogP contribution in [0.3, 0.4) is 0 Å². The molecule has 0 spiro atoms. The molecule has 0 aliphatic heterocycles. The van der Waals surface area contributed by atoms with E-state index in [9.17, 15) is 8.42 Å². The second kappa shape index (κ2) is 7.24. The SMILES string of the molecule is CNCCNS(=O)(=O)c1ccc2c(c1)CCCC2.Cl. The Balaban J connectivity index is 0.00000180. The number of benzene rings is 1. The molecule has 0 saturated carbocycles. The number of sulfonamides is 1. The first-order valence-corrected chi connectivity index (χ1v) is 7.88. The zero-order valence-electron chi connectivity index (χ0n) is 11.1. The molecule has 19 heavy (non-hydrogen) atoms. The molecule has 0 radical (unpaired) electrons. The molecule has 0 unspecified atom stereocenters. The van der Waals surface area contributed by atoms with Crippen LogP contribution in [-0.2, 0) is 22.9 Å². The maximum absolute atomic E-state index is 12.1. The first kappa shape index (κ1) is 16.4. The molecule has 0 saturated heterocycles. The molecule has 108 valence electrons. The van der Waals surface area contributed by atoms with E-state index >= 15 is 0 Å². The van der Waals surface area contributed by atoms with E-state index in [4.69, 9.17) is 0 Å². The van der Waals surface area contributed by atoms with Crippen LogP contribution in [0.5, 0.6) is 0 Å². The Morgan fingerprint density at radius 3 is 2.47 bits per heavy atom. The predicted octanol–water partition coefficient (Wildman–Crippen LogP) is 1.48. The van der Waals surface area contributed by atoms with Crippen molar-refractivity contribution in [1.82, 2.24) is 10.0 Å². The number of likely N-dealkylation sites (N-methyl/N-ethyl adjacent to an activating group) is 1. The fraction of sp³-hybridized carbons (Fsp3) is 0.538. The summed E-state index contributed by atoms with van der Waals surface area (Å²) in [4.78, 5) is 0.388. The summed E-state index contributed by atoms with van der Waals surface area (Å²) in [5.74, 6) is 0. The van der Waals surface area contributed by atoms with Gasteiger partial charge in [-0.15, -0.1) is 12.4 Å². The van der Waals surface area contributed by atoms with Gasteiger partial charge >= 0.3 is 0 Å². The number of rotatable bonds is 5. The monoisotopic (exact) mass is 304 g/mol. The number of halogens is 1. The van der Waals surface area contributed by atoms with Gasteiger partial charge in [-0.3, -0.25) is 0 Å². The molecular formula is C13H21ClN2O2S. The smallest absolute Gasteiger partial charge is 0.240 e. The van der Waals surface area contributed by atoms with Gasteiger partial charge in [0.15, 0.2) is 0 Å². The Hall–Kier alpha value is -0.620. The normalized spacial score (nSPS) is 14.6. The lowest BCUT2D eigenvalue weighted by atomic mass is 9.92. The summed E-state index contributed by atoms with van der Waals surface area (Å²) in [6.07, 6.45) is 4.43. The Kier molecular flexibility index (Phi) is 6.26. The molecule has 6 heteroatoms. The molecule has 1 aromatic rings. The van der Waals surface area contributed by atoms with Crippen LogP contribution in [0, 0.1) is 0 Å². The molecule has 1 aliphatic rings. The third-order valence-electron chi connectivity index (χ3n) is 3.30. The Labute approximate surface area is 121 Å². The van der Waals surface area contributed by atoms with Gasteiger partial charge in [0, 0.05) is 13.1 Å². The highest BCUT2D eigenvalue weighted by molar-refractivity contribution is 7.89. The van der Waals surface area contributed by atoms with Crippen molar-refractivity contribution in [3.8, 4) is 0 Å². The summed E-state index contributed by atoms with van der Waals surface area (Å²) in [5.41, 5.74) is 2.49. The largest absolute Gasteiger partial charge is 0.318 e. The molecule has 1 aliphatic carbocycles. The Morgan fingerprint density at radius 2 is 1.79 bits per heavy atom. The van der Waals surface area contributed by atoms with Gasteiger partial charge in [-0.1, -0.05) is 6.07 Å². The molecule has 0 atom stereocenters. The molecular weight excluding hydrogens is 284 g/mol. The predicted molar refractivity (Wildman–Crippen MR) is 79.4 cm³/mol. The van der Waals surface area contributed by atoms with Gasteiger partial charge < -0.3 is 5.32 Å². The van der Waals surface area contributed by atoms with Crippen LogP contribution in [0.4, 0.5) is 0 Å². The van der Waals surface area contributed by atoms with Crippen molar-refractivity contribution < 1.29 is 8.42 Å². The second-order valence-electron chi connectivity index (χ2n) is 4.64. The first-order valence-electron chi connectivity index (χ1n) is 6.39. The maximum atomic E-state index is 12.1. The van der Waals surface area contributed by atoms with E-state index in [1.54, 1.807) is 13.1 Å². The van der Waals surface area contributed by atoms with Gasteiger partial charge in [0.2, 0.25) is 10.0 Å². The van der Waals surface area contributed by atoms with E-state index in [1.807, 2.05) is 12.1 Å². The van der Waals surface area contributed by atoms with Crippen molar-refractivity contribution in [3.05, 3.63) is 29.3 Å². The fourth-order valence-corrected chi connectivity index (χ4v) is 3.35. The number of aryl methyl sites for hydroxylation is 2. The summed E-state index contributed by atoms with van der Waals surface area (Å²) >= 11 is 0. The van der Waals surface area contributed by atoms with Crippen LogP contribution in [0.1, 0.15) is 24.0 Å². The second-order valence-corrected chi connectivity index (χ2v) is 6.41. The molecule has 0 fully saturated rings. The van der Waals surface area contributed by atoms with Gasteiger partial charge in [-0.2, -0.15) is 0 Å². The standard InChI is InChI=1S/C13H20N2O2S.ClH/c1-14-8-9-15-18(16,17)13-7-6-11-4-2-3-5-12(11)10-13;/h6-7,10,14-15H,2-5,8-9H2,1H3;1H. The van der Waals surface area contributed by atoms with Gasteiger partial charge in [0.05, 0.1) is 4.90 Å². The van der Waals surface area contributed by atoms with Crippen LogP contribution in [-0.4, -0.2) is 28.6 Å². The summed E-state index contributed by atoms with van der Waals surface area (Å²) in [6, 6.07) is 5.50. The van der Waals surface area contributed by atoms with E-state index < -0.39 is 10.0 Å². The molecule has 0 aromatic heterocycles. The number of nitrogens with one attached hydrogen (secondary N) is 2. The fourth-order valence-electron chi connectivity index (χ4n) is 2.27. The van der Waals surface area contributed by atoms with Crippen molar-refractivity contribution in [3.63, 3.8) is 0 Å². The highest BCUT2D eigenvalue weighted by atomic mass is 35.5. The first-order chi connectivity index (χ1) is 8.63. The van der Waals surface area contributed by atoms with Crippen molar-refractivity contribution in [1.29, 1.82) is 0 Å². The van der Waals surface area contributed by atoms with E-state index in [2.05, 4.69) is 10.0 Å². The summed E-state index contributed by atoms with van der Waals surface area (Å²) in [7, 11) is -1.56. The third kappa shape index (κ3) is 4.18. The highest BCUT2D eigenvalue weighted by Crippen LogP contribution is 2.23. The van der Waals surface area contributed by atoms with E-state index in [0.717, 1.165) is 19.3 Å². The molecule has 1 aromatic carbocycles. The van der Waals surface area contributed by atoms with Crippen molar-refractivity contribution in [2.24, 2.45) is 0 Å². The minimum absolute atomic E-state index is 0. The van der Waals surface area contributed by atoms with Crippen molar-refractivity contribution in [2.45, 2.75) is 30.6 Å². The summed E-state index contributed by atoms with van der Waals surface area (Å²) in [6.45, 7) is 1.04. The Morgan fingerprint density at radius 1 is 1.11 bits per heavy atom. The van der Waals surface area contributed by atoms with E-state index in [0.29, 0.717) is 18.0 Å². The zero-order chi connectivity index (χ0) is 13.0. The zero-order valence-corrected chi connectivity index (χ0v) is 12.7. The number of hydrogen-bond acceptors (Lipinski definition) is 3. The molecule has 0 amide bonds. The quantitative estimate of drug-likeness (QED) is 0.810. The lowest BCUT2D eigenvalue weighted by molar-refractivity contribution is 0.579. The number of fused-ring (bicyclic) bond motifs is 1. The van der Waals surface area contributed by atoms with Crippen molar-refractivity contribution >= 4 is 22.4 Å². The molecule has 2 N–H and O–H groups in total. The number of hydrogen-bond donors (Lipinski definition) is 2.